The molecule has 1 aromatic heterocycles. The monoisotopic (exact) mass is 399 g/mol. The molecule has 0 spiro atoms. The SMILES string of the molecule is Cc1cc(C(=O)N2CCN(C(=O)Nc3ccc(F)cc3)CC2)c(C(F)(F)F)o1. The zero-order chi connectivity index (χ0) is 20.5. The Labute approximate surface area is 157 Å². The minimum absolute atomic E-state index is 0.00649. The normalized spacial score (nSPS) is 14.9. The Bertz CT molecular complexity index is 869. The van der Waals surface area contributed by atoms with Gasteiger partial charge < -0.3 is 19.5 Å². The summed E-state index contributed by atoms with van der Waals surface area (Å²) in [5.74, 6) is -2.54. The van der Waals surface area contributed by atoms with Crippen LogP contribution in [0.25, 0.3) is 0 Å². The first kappa shape index (κ1) is 19.7. The number of benzene rings is 1. The molecular weight excluding hydrogens is 382 g/mol. The lowest BCUT2D eigenvalue weighted by atomic mass is 10.2. The number of hydrogen-bond donors (Lipinski definition) is 1. The molecule has 0 radical (unpaired) electrons. The molecule has 0 bridgehead atoms. The van der Waals surface area contributed by atoms with Crippen molar-refractivity contribution in [2.24, 2.45) is 0 Å². The molecule has 1 fully saturated rings. The second kappa shape index (κ2) is 7.53. The summed E-state index contributed by atoms with van der Waals surface area (Å²) in [6.07, 6.45) is -4.77. The molecule has 0 saturated carbocycles. The van der Waals surface area contributed by atoms with Gasteiger partial charge in [-0.05, 0) is 37.3 Å². The lowest BCUT2D eigenvalue weighted by molar-refractivity contribution is -0.153. The van der Waals surface area contributed by atoms with Gasteiger partial charge in [-0.25, -0.2) is 9.18 Å². The first-order valence-electron chi connectivity index (χ1n) is 8.43. The molecule has 2 heterocycles. The van der Waals surface area contributed by atoms with Gasteiger partial charge in [-0.1, -0.05) is 0 Å². The van der Waals surface area contributed by atoms with Crippen molar-refractivity contribution >= 4 is 17.6 Å². The number of halogens is 4. The van der Waals surface area contributed by atoms with Gasteiger partial charge in [0, 0.05) is 31.9 Å². The van der Waals surface area contributed by atoms with Gasteiger partial charge in [-0.3, -0.25) is 4.79 Å². The van der Waals surface area contributed by atoms with Gasteiger partial charge in [0.05, 0.1) is 5.56 Å². The number of aryl methyl sites for hydroxylation is 1. The highest BCUT2D eigenvalue weighted by molar-refractivity contribution is 5.96. The van der Waals surface area contributed by atoms with Crippen LogP contribution in [0.3, 0.4) is 0 Å². The van der Waals surface area contributed by atoms with Gasteiger partial charge in [0.15, 0.2) is 0 Å². The van der Waals surface area contributed by atoms with E-state index < -0.39 is 35.3 Å². The second-order valence-electron chi connectivity index (χ2n) is 6.31. The lowest BCUT2D eigenvalue weighted by Crippen LogP contribution is -2.51. The van der Waals surface area contributed by atoms with Gasteiger partial charge in [0.2, 0.25) is 5.76 Å². The van der Waals surface area contributed by atoms with Crippen molar-refractivity contribution in [3.8, 4) is 0 Å². The van der Waals surface area contributed by atoms with E-state index in [1.165, 1.54) is 41.0 Å². The maximum absolute atomic E-state index is 13.0. The van der Waals surface area contributed by atoms with Crippen molar-refractivity contribution in [2.75, 3.05) is 31.5 Å². The Kier molecular flexibility index (Phi) is 5.30. The largest absolute Gasteiger partial charge is 0.456 e. The average molecular weight is 399 g/mol. The summed E-state index contributed by atoms with van der Waals surface area (Å²) >= 11 is 0. The predicted molar refractivity (Wildman–Crippen MR) is 91.3 cm³/mol. The van der Waals surface area contributed by atoms with Gasteiger partial charge >= 0.3 is 12.2 Å². The van der Waals surface area contributed by atoms with Crippen LogP contribution in [-0.4, -0.2) is 47.9 Å². The number of urea groups is 1. The molecule has 1 aliphatic heterocycles. The molecule has 2 aromatic rings. The van der Waals surface area contributed by atoms with Crippen LogP contribution in [0.2, 0.25) is 0 Å². The van der Waals surface area contributed by atoms with Crippen LogP contribution in [0.1, 0.15) is 21.9 Å². The number of nitrogens with zero attached hydrogens (tertiary/aromatic N) is 2. The summed E-state index contributed by atoms with van der Waals surface area (Å²) in [4.78, 5) is 27.4. The number of furan rings is 1. The van der Waals surface area contributed by atoms with Gasteiger partial charge in [0.1, 0.15) is 11.6 Å². The first-order chi connectivity index (χ1) is 13.1. The maximum atomic E-state index is 13.0. The first-order valence-corrected chi connectivity index (χ1v) is 8.43. The predicted octanol–water partition coefficient (Wildman–Crippen LogP) is 3.74. The minimum Gasteiger partial charge on any atom is -0.456 e. The Morgan fingerprint density at radius 2 is 1.61 bits per heavy atom. The van der Waals surface area contributed by atoms with Crippen LogP contribution >= 0.6 is 0 Å². The van der Waals surface area contributed by atoms with E-state index in [0.29, 0.717) is 5.69 Å². The number of rotatable bonds is 2. The van der Waals surface area contributed by atoms with Crippen molar-refractivity contribution in [1.82, 2.24) is 9.80 Å². The number of hydrogen-bond acceptors (Lipinski definition) is 3. The van der Waals surface area contributed by atoms with E-state index in [-0.39, 0.29) is 31.9 Å². The molecule has 1 aromatic carbocycles. The molecule has 10 heteroatoms. The lowest BCUT2D eigenvalue weighted by Gasteiger charge is -2.34. The van der Waals surface area contributed by atoms with Crippen LogP contribution in [0.4, 0.5) is 28.0 Å². The van der Waals surface area contributed by atoms with E-state index in [9.17, 15) is 27.2 Å². The number of anilines is 1. The Morgan fingerprint density at radius 3 is 2.18 bits per heavy atom. The van der Waals surface area contributed by atoms with E-state index in [2.05, 4.69) is 9.73 Å². The molecule has 0 unspecified atom stereocenters. The average Bonchev–Trinajstić information content (AvgIpc) is 3.05. The van der Waals surface area contributed by atoms with Gasteiger partial charge in [0.25, 0.3) is 5.91 Å². The molecule has 1 N–H and O–H groups in total. The zero-order valence-electron chi connectivity index (χ0n) is 14.8. The molecule has 0 aliphatic carbocycles. The number of alkyl halides is 3. The standard InChI is InChI=1S/C18H17F4N3O3/c1-11-10-14(15(28-11)18(20,21)22)16(26)24-6-8-25(9-7-24)17(27)23-13-4-2-12(19)3-5-13/h2-5,10H,6-9H2,1H3,(H,23,27). The zero-order valence-corrected chi connectivity index (χ0v) is 14.8. The minimum atomic E-state index is -4.77. The fourth-order valence-corrected chi connectivity index (χ4v) is 2.90. The molecule has 6 nitrogen and oxygen atoms in total. The topological polar surface area (TPSA) is 65.8 Å². The third kappa shape index (κ3) is 4.26. The maximum Gasteiger partial charge on any atom is 0.450 e. The molecule has 1 saturated heterocycles. The number of nitrogens with one attached hydrogen (secondary N) is 1. The van der Waals surface area contributed by atoms with Crippen molar-refractivity contribution in [3.63, 3.8) is 0 Å². The van der Waals surface area contributed by atoms with Crippen LogP contribution < -0.4 is 5.32 Å². The Hall–Kier alpha value is -3.04. The molecule has 1 aliphatic rings. The molecule has 3 amide bonds. The van der Waals surface area contributed by atoms with Crippen LogP contribution in [-0.2, 0) is 6.18 Å². The highest BCUT2D eigenvalue weighted by Crippen LogP contribution is 2.34. The molecule has 150 valence electrons. The summed E-state index contributed by atoms with van der Waals surface area (Å²) in [5.41, 5.74) is -0.122. The fourth-order valence-electron chi connectivity index (χ4n) is 2.90. The summed E-state index contributed by atoms with van der Waals surface area (Å²) in [6, 6.07) is 5.86. The Balaban J connectivity index is 1.61. The van der Waals surface area contributed by atoms with Crippen molar-refractivity contribution in [1.29, 1.82) is 0 Å². The van der Waals surface area contributed by atoms with Gasteiger partial charge in [-0.2, -0.15) is 13.2 Å². The van der Waals surface area contributed by atoms with Crippen LogP contribution in [0.15, 0.2) is 34.7 Å². The summed E-state index contributed by atoms with van der Waals surface area (Å²) in [7, 11) is 0. The molecule has 28 heavy (non-hydrogen) atoms. The van der Waals surface area contributed by atoms with Crippen LogP contribution in [0.5, 0.6) is 0 Å². The van der Waals surface area contributed by atoms with E-state index in [0.717, 1.165) is 6.07 Å². The van der Waals surface area contributed by atoms with Crippen LogP contribution in [0, 0.1) is 12.7 Å². The number of amides is 3. The fraction of sp³-hybridized carbons (Fsp3) is 0.333. The van der Waals surface area contributed by atoms with E-state index in [1.807, 2.05) is 0 Å². The number of carbonyl (C=O) groups excluding carboxylic acids is 2. The number of carbonyl (C=O) groups is 2. The van der Waals surface area contributed by atoms with Crippen molar-refractivity contribution in [3.05, 3.63) is 53.2 Å². The van der Waals surface area contributed by atoms with E-state index in [1.54, 1.807) is 0 Å². The van der Waals surface area contributed by atoms with Crippen molar-refractivity contribution in [2.45, 2.75) is 13.1 Å². The second-order valence-corrected chi connectivity index (χ2v) is 6.31. The number of piperazine rings is 1. The highest BCUT2D eigenvalue weighted by Gasteiger charge is 2.41. The van der Waals surface area contributed by atoms with Gasteiger partial charge in [-0.15, -0.1) is 0 Å². The molecule has 0 atom stereocenters. The molecule has 3 rings (SSSR count). The highest BCUT2D eigenvalue weighted by atomic mass is 19.4. The summed E-state index contributed by atoms with van der Waals surface area (Å²) in [6.45, 7) is 1.80. The third-order valence-corrected chi connectivity index (χ3v) is 4.29. The molecular formula is C18H17F4N3O3. The Morgan fingerprint density at radius 1 is 1.04 bits per heavy atom. The summed E-state index contributed by atoms with van der Waals surface area (Å²) < 4.78 is 56.7. The van der Waals surface area contributed by atoms with E-state index >= 15 is 0 Å². The van der Waals surface area contributed by atoms with Crippen molar-refractivity contribution < 1.29 is 31.6 Å². The summed E-state index contributed by atoms with van der Waals surface area (Å²) in [5, 5.41) is 2.60. The quantitative estimate of drug-likeness (QED) is 0.783. The van der Waals surface area contributed by atoms with E-state index in [4.69, 9.17) is 0 Å². The third-order valence-electron chi connectivity index (χ3n) is 4.29. The smallest absolute Gasteiger partial charge is 0.450 e.